The molecule has 2 heterocycles. The lowest BCUT2D eigenvalue weighted by Gasteiger charge is -2.36. The van der Waals surface area contributed by atoms with Gasteiger partial charge in [-0.2, -0.15) is 0 Å². The molecule has 3 aromatic carbocycles. The summed E-state index contributed by atoms with van der Waals surface area (Å²) in [5.74, 6) is -0.797. The molecule has 7 heteroatoms. The largest absolute Gasteiger partial charge is 0.481 e. The third-order valence-electron chi connectivity index (χ3n) is 7.10. The SMILES string of the molecule is O=C(O)CCCCc1nc2cc(C(=O)N3CCCCC3c3ccccc3)ccc2nc1-c1ccc(Cl)cc1. The number of carboxylic acids is 1. The number of carbonyl (C=O) groups excluding carboxylic acids is 1. The average molecular weight is 528 g/mol. The van der Waals surface area contributed by atoms with Gasteiger partial charge in [0.15, 0.2) is 0 Å². The number of carboxylic acid groups (broad SMARTS) is 1. The molecule has 1 unspecified atom stereocenters. The number of aliphatic carboxylic acids is 1. The van der Waals surface area contributed by atoms with Crippen molar-refractivity contribution in [3.05, 3.63) is 94.6 Å². The van der Waals surface area contributed by atoms with Crippen LogP contribution in [-0.4, -0.2) is 38.4 Å². The third kappa shape index (κ3) is 5.86. The lowest BCUT2D eigenvalue weighted by Crippen LogP contribution is -2.38. The van der Waals surface area contributed by atoms with Crippen LogP contribution in [-0.2, 0) is 11.2 Å². The summed E-state index contributed by atoms with van der Waals surface area (Å²) >= 11 is 6.10. The molecule has 1 amide bonds. The topological polar surface area (TPSA) is 83.4 Å². The number of fused-ring (bicyclic) bond motifs is 1. The van der Waals surface area contributed by atoms with E-state index in [2.05, 4.69) is 12.1 Å². The van der Waals surface area contributed by atoms with E-state index in [1.807, 2.05) is 65.6 Å². The van der Waals surface area contributed by atoms with Crippen LogP contribution in [0.5, 0.6) is 0 Å². The summed E-state index contributed by atoms with van der Waals surface area (Å²) in [5.41, 5.74) is 5.58. The summed E-state index contributed by atoms with van der Waals surface area (Å²) < 4.78 is 0. The standard InChI is InChI=1S/C31H30ClN3O3/c32-24-16-13-22(14-17-24)30-26(10-4-5-12-29(36)37)33-27-20-23(15-18-25(27)34-30)31(38)35-19-7-6-11-28(35)21-8-2-1-3-9-21/h1-3,8-9,13-18,20,28H,4-7,10-12,19H2,(H,36,37). The number of aromatic nitrogens is 2. The lowest BCUT2D eigenvalue weighted by atomic mass is 9.94. The lowest BCUT2D eigenvalue weighted by molar-refractivity contribution is -0.137. The Kier molecular flexibility index (Phi) is 7.99. The highest BCUT2D eigenvalue weighted by atomic mass is 35.5. The van der Waals surface area contributed by atoms with E-state index in [-0.39, 0.29) is 18.4 Å². The van der Waals surface area contributed by atoms with Gasteiger partial charge in [0, 0.05) is 29.1 Å². The molecule has 1 fully saturated rings. The predicted molar refractivity (Wildman–Crippen MR) is 149 cm³/mol. The van der Waals surface area contributed by atoms with Gasteiger partial charge >= 0.3 is 5.97 Å². The Morgan fingerprint density at radius 3 is 2.47 bits per heavy atom. The van der Waals surface area contributed by atoms with Gasteiger partial charge in [-0.15, -0.1) is 0 Å². The van der Waals surface area contributed by atoms with Crippen molar-refractivity contribution in [2.75, 3.05) is 6.54 Å². The summed E-state index contributed by atoms with van der Waals surface area (Å²) in [7, 11) is 0. The molecule has 5 rings (SSSR count). The molecule has 1 saturated heterocycles. The van der Waals surface area contributed by atoms with Crippen molar-refractivity contribution < 1.29 is 14.7 Å². The minimum Gasteiger partial charge on any atom is -0.481 e. The maximum atomic E-state index is 13.7. The summed E-state index contributed by atoms with van der Waals surface area (Å²) in [5, 5.41) is 9.65. The second-order valence-corrected chi connectivity index (χ2v) is 10.2. The Bertz CT molecular complexity index is 1440. The van der Waals surface area contributed by atoms with Crippen LogP contribution in [0.15, 0.2) is 72.8 Å². The van der Waals surface area contributed by atoms with Crippen LogP contribution in [0, 0.1) is 0 Å². The van der Waals surface area contributed by atoms with Gasteiger partial charge in [-0.05, 0) is 74.4 Å². The van der Waals surface area contributed by atoms with Crippen LogP contribution in [0.4, 0.5) is 0 Å². The highest BCUT2D eigenvalue weighted by Crippen LogP contribution is 2.33. The number of amides is 1. The molecule has 38 heavy (non-hydrogen) atoms. The molecule has 0 saturated carbocycles. The fourth-order valence-electron chi connectivity index (χ4n) is 5.17. The fourth-order valence-corrected chi connectivity index (χ4v) is 5.29. The Balaban J connectivity index is 1.48. The normalized spacial score (nSPS) is 15.5. The minimum atomic E-state index is -0.804. The number of benzene rings is 3. The van der Waals surface area contributed by atoms with Crippen molar-refractivity contribution in [2.45, 2.75) is 51.0 Å². The van der Waals surface area contributed by atoms with Gasteiger partial charge in [0.1, 0.15) is 0 Å². The van der Waals surface area contributed by atoms with E-state index in [9.17, 15) is 9.59 Å². The van der Waals surface area contributed by atoms with Gasteiger partial charge in [0.2, 0.25) is 0 Å². The molecule has 1 atom stereocenters. The highest BCUT2D eigenvalue weighted by Gasteiger charge is 2.29. The molecule has 0 spiro atoms. The minimum absolute atomic E-state index is 0.00652. The van der Waals surface area contributed by atoms with Crippen molar-refractivity contribution in [1.82, 2.24) is 14.9 Å². The predicted octanol–water partition coefficient (Wildman–Crippen LogP) is 7.12. The van der Waals surface area contributed by atoms with Crippen molar-refractivity contribution in [3.8, 4) is 11.3 Å². The number of carbonyl (C=O) groups is 2. The Hall–Kier alpha value is -3.77. The van der Waals surface area contributed by atoms with Crippen LogP contribution in [0.2, 0.25) is 5.02 Å². The molecule has 1 aliphatic heterocycles. The zero-order valence-electron chi connectivity index (χ0n) is 21.1. The molecule has 1 aromatic heterocycles. The zero-order valence-corrected chi connectivity index (χ0v) is 21.9. The monoisotopic (exact) mass is 527 g/mol. The van der Waals surface area contributed by atoms with Crippen LogP contribution < -0.4 is 0 Å². The second kappa shape index (κ2) is 11.7. The van der Waals surface area contributed by atoms with Crippen molar-refractivity contribution in [3.63, 3.8) is 0 Å². The summed E-state index contributed by atoms with van der Waals surface area (Å²) in [6, 6.07) is 23.3. The number of rotatable bonds is 8. The molecule has 0 bridgehead atoms. The smallest absolute Gasteiger partial charge is 0.303 e. The highest BCUT2D eigenvalue weighted by molar-refractivity contribution is 6.30. The van der Waals surface area contributed by atoms with Crippen molar-refractivity contribution >= 4 is 34.5 Å². The second-order valence-electron chi connectivity index (χ2n) is 9.75. The van der Waals surface area contributed by atoms with Crippen molar-refractivity contribution in [2.24, 2.45) is 0 Å². The number of piperidine rings is 1. The zero-order chi connectivity index (χ0) is 26.5. The van der Waals surface area contributed by atoms with E-state index in [0.717, 1.165) is 48.3 Å². The number of likely N-dealkylation sites (tertiary alicyclic amines) is 1. The first-order valence-electron chi connectivity index (χ1n) is 13.1. The molecular weight excluding hydrogens is 498 g/mol. The molecule has 0 aliphatic carbocycles. The molecule has 1 N–H and O–H groups in total. The molecular formula is C31H30ClN3O3. The first kappa shape index (κ1) is 25.9. The number of unbranched alkanes of at least 4 members (excludes halogenated alkanes) is 1. The van der Waals surface area contributed by atoms with E-state index in [1.54, 1.807) is 0 Å². The maximum absolute atomic E-state index is 13.7. The molecule has 4 aromatic rings. The van der Waals surface area contributed by atoms with E-state index in [1.165, 1.54) is 0 Å². The van der Waals surface area contributed by atoms with E-state index >= 15 is 0 Å². The maximum Gasteiger partial charge on any atom is 0.303 e. The summed E-state index contributed by atoms with van der Waals surface area (Å²) in [6.07, 6.45) is 5.00. The van der Waals surface area contributed by atoms with Gasteiger partial charge in [-0.25, -0.2) is 9.97 Å². The van der Waals surface area contributed by atoms with Gasteiger partial charge in [-0.3, -0.25) is 9.59 Å². The summed E-state index contributed by atoms with van der Waals surface area (Å²) in [4.78, 5) is 36.5. The molecule has 1 aliphatic rings. The Morgan fingerprint density at radius 1 is 0.921 bits per heavy atom. The van der Waals surface area contributed by atoms with Crippen molar-refractivity contribution in [1.29, 1.82) is 0 Å². The Morgan fingerprint density at radius 2 is 1.71 bits per heavy atom. The van der Waals surface area contributed by atoms with Gasteiger partial charge in [-0.1, -0.05) is 54.1 Å². The molecule has 0 radical (unpaired) electrons. The van der Waals surface area contributed by atoms with Crippen LogP contribution in [0.1, 0.15) is 66.2 Å². The number of nitrogens with zero attached hydrogens (tertiary/aromatic N) is 3. The number of aryl methyl sites for hydroxylation is 1. The Labute approximate surface area is 227 Å². The first-order chi connectivity index (χ1) is 18.5. The average Bonchev–Trinajstić information content (AvgIpc) is 2.95. The molecule has 6 nitrogen and oxygen atoms in total. The van der Waals surface area contributed by atoms with Crippen LogP contribution in [0.3, 0.4) is 0 Å². The van der Waals surface area contributed by atoms with Crippen LogP contribution in [0.25, 0.3) is 22.3 Å². The number of hydrogen-bond acceptors (Lipinski definition) is 4. The number of halogens is 1. The van der Waals surface area contributed by atoms with E-state index in [0.29, 0.717) is 40.9 Å². The van der Waals surface area contributed by atoms with Gasteiger partial charge < -0.3 is 10.0 Å². The quantitative estimate of drug-likeness (QED) is 0.247. The fraction of sp³-hybridized carbons (Fsp3) is 0.290. The van der Waals surface area contributed by atoms with E-state index < -0.39 is 5.97 Å². The third-order valence-corrected chi connectivity index (χ3v) is 7.36. The van der Waals surface area contributed by atoms with E-state index in [4.69, 9.17) is 26.7 Å². The van der Waals surface area contributed by atoms with Gasteiger partial charge in [0.25, 0.3) is 5.91 Å². The van der Waals surface area contributed by atoms with Gasteiger partial charge in [0.05, 0.1) is 28.5 Å². The number of hydrogen-bond donors (Lipinski definition) is 1. The first-order valence-corrected chi connectivity index (χ1v) is 13.5. The van der Waals surface area contributed by atoms with Crippen LogP contribution >= 0.6 is 11.6 Å². The molecule has 194 valence electrons. The summed E-state index contributed by atoms with van der Waals surface area (Å²) in [6.45, 7) is 0.729.